The van der Waals surface area contributed by atoms with E-state index in [4.69, 9.17) is 5.11 Å². The predicted molar refractivity (Wildman–Crippen MR) is 106 cm³/mol. The van der Waals surface area contributed by atoms with E-state index in [1.54, 1.807) is 17.9 Å². The maximum absolute atomic E-state index is 14.1. The zero-order valence-electron chi connectivity index (χ0n) is 16.2. The molecule has 28 heavy (non-hydrogen) atoms. The van der Waals surface area contributed by atoms with Crippen molar-refractivity contribution in [1.82, 2.24) is 9.62 Å². The fourth-order valence-electron chi connectivity index (χ4n) is 4.06. The molecule has 1 aliphatic carbocycles. The molecule has 1 heterocycles. The molecule has 1 aliphatic heterocycles. The molecule has 0 bridgehead atoms. The fourth-order valence-corrected chi connectivity index (χ4v) is 5.04. The minimum absolute atomic E-state index is 0.0114. The van der Waals surface area contributed by atoms with Crippen LogP contribution in [0, 0.1) is 17.7 Å². The van der Waals surface area contributed by atoms with Gasteiger partial charge in [-0.15, -0.1) is 0 Å². The smallest absolute Gasteiger partial charge is 0.321 e. The summed E-state index contributed by atoms with van der Waals surface area (Å²) in [6.45, 7) is 4.75. The first-order valence-electron chi connectivity index (χ1n) is 9.71. The maximum Gasteiger partial charge on any atom is 0.321 e. The number of carboxylic acid groups (broad SMARTS) is 1. The van der Waals surface area contributed by atoms with Crippen molar-refractivity contribution in [3.63, 3.8) is 0 Å². The number of phenols is 1. The number of rotatable bonds is 7. The number of hydrogen-bond acceptors (Lipinski definition) is 5. The molecular formula is C20H27FN2O4S. The van der Waals surface area contributed by atoms with E-state index in [0.29, 0.717) is 35.7 Å². The second-order valence-corrected chi connectivity index (χ2v) is 9.11. The molecule has 2 aliphatic rings. The van der Waals surface area contributed by atoms with Gasteiger partial charge in [0.25, 0.3) is 5.91 Å². The number of carboxylic acids is 1. The van der Waals surface area contributed by atoms with Crippen molar-refractivity contribution >= 4 is 23.8 Å². The number of carbonyl (C=O) groups excluding carboxylic acids is 1. The minimum Gasteiger partial charge on any atom is -0.505 e. The van der Waals surface area contributed by atoms with E-state index in [-0.39, 0.29) is 11.5 Å². The van der Waals surface area contributed by atoms with Gasteiger partial charge in [0, 0.05) is 18.3 Å². The van der Waals surface area contributed by atoms with E-state index < -0.39 is 23.6 Å². The van der Waals surface area contributed by atoms with Crippen molar-refractivity contribution in [2.24, 2.45) is 11.8 Å². The van der Waals surface area contributed by atoms with Crippen LogP contribution in [0.1, 0.15) is 55.5 Å². The molecule has 8 heteroatoms. The van der Waals surface area contributed by atoms with Crippen LogP contribution in [0.15, 0.2) is 12.1 Å². The lowest BCUT2D eigenvalue weighted by Gasteiger charge is -2.34. The van der Waals surface area contributed by atoms with Crippen LogP contribution in [0.2, 0.25) is 0 Å². The first-order chi connectivity index (χ1) is 13.3. The molecule has 1 aromatic rings. The molecule has 1 fully saturated rings. The highest BCUT2D eigenvalue weighted by Gasteiger charge is 2.34. The molecule has 1 saturated carbocycles. The van der Waals surface area contributed by atoms with Gasteiger partial charge in [-0.25, -0.2) is 4.39 Å². The van der Waals surface area contributed by atoms with Crippen molar-refractivity contribution in [2.45, 2.75) is 57.4 Å². The Morgan fingerprint density at radius 3 is 2.64 bits per heavy atom. The number of phenolic OH excluding ortho intramolecular Hbond substituents is 1. The number of nitrogens with zero attached hydrogens (tertiary/aromatic N) is 1. The largest absolute Gasteiger partial charge is 0.505 e. The number of hydrogen-bond donors (Lipinski definition) is 3. The van der Waals surface area contributed by atoms with Crippen LogP contribution in [-0.4, -0.2) is 44.8 Å². The monoisotopic (exact) mass is 410 g/mol. The van der Waals surface area contributed by atoms with E-state index >= 15 is 0 Å². The molecule has 154 valence electrons. The Balaban J connectivity index is 1.48. The van der Waals surface area contributed by atoms with Gasteiger partial charge in [-0.05, 0) is 56.1 Å². The minimum atomic E-state index is -0.857. The second kappa shape index (κ2) is 8.69. The second-order valence-electron chi connectivity index (χ2n) is 7.90. The van der Waals surface area contributed by atoms with Gasteiger partial charge < -0.3 is 15.1 Å². The van der Waals surface area contributed by atoms with E-state index in [1.807, 2.05) is 0 Å². The maximum atomic E-state index is 14.1. The fraction of sp³-hybridized carbons (Fsp3) is 0.600. The molecule has 1 aromatic carbocycles. The van der Waals surface area contributed by atoms with Crippen molar-refractivity contribution < 1.29 is 24.2 Å². The summed E-state index contributed by atoms with van der Waals surface area (Å²) in [5.41, 5.74) is 0.648. The molecule has 0 aromatic heterocycles. The lowest BCUT2D eigenvalue weighted by molar-refractivity contribution is -0.138. The zero-order chi connectivity index (χ0) is 20.4. The van der Waals surface area contributed by atoms with Crippen LogP contribution in [0.5, 0.6) is 5.75 Å². The van der Waals surface area contributed by atoms with Gasteiger partial charge in [-0.2, -0.15) is 0 Å². The van der Waals surface area contributed by atoms with Gasteiger partial charge >= 0.3 is 5.97 Å². The lowest BCUT2D eigenvalue weighted by atomic mass is 9.80. The van der Waals surface area contributed by atoms with Crippen molar-refractivity contribution in [3.8, 4) is 5.75 Å². The number of halogens is 1. The highest BCUT2D eigenvalue weighted by Crippen LogP contribution is 2.37. The standard InChI is InChI=1S/C20H27FN2O4S/c1-11(20(26)27)22-28-12(2)14-5-3-13(4-6-14)9-23-10-15-7-8-16(24)18(21)17(15)19(23)25/h7-8,11-14,22,24H,3-6,9-10H2,1-2H3,(H,26,27)/t11-,12?,13?,14?/m0/s1. The van der Waals surface area contributed by atoms with Crippen molar-refractivity contribution in [2.75, 3.05) is 6.54 Å². The van der Waals surface area contributed by atoms with Crippen molar-refractivity contribution in [1.29, 1.82) is 0 Å². The number of carbonyl (C=O) groups is 2. The van der Waals surface area contributed by atoms with Crippen molar-refractivity contribution in [3.05, 3.63) is 29.1 Å². The Kier molecular flexibility index (Phi) is 6.50. The highest BCUT2D eigenvalue weighted by molar-refractivity contribution is 7.98. The first-order valence-corrected chi connectivity index (χ1v) is 10.6. The number of nitrogens with one attached hydrogen (secondary N) is 1. The Hall–Kier alpha value is -1.80. The molecule has 3 N–H and O–H groups in total. The lowest BCUT2D eigenvalue weighted by Crippen LogP contribution is -2.34. The Morgan fingerprint density at radius 1 is 1.32 bits per heavy atom. The molecule has 0 spiro atoms. The van der Waals surface area contributed by atoms with Gasteiger partial charge in [0.2, 0.25) is 0 Å². The third kappa shape index (κ3) is 4.43. The molecule has 6 nitrogen and oxygen atoms in total. The number of aromatic hydroxyl groups is 1. The van der Waals surface area contributed by atoms with E-state index in [1.165, 1.54) is 18.0 Å². The summed E-state index contributed by atoms with van der Waals surface area (Å²) in [7, 11) is 0. The molecule has 2 atom stereocenters. The van der Waals surface area contributed by atoms with Crippen LogP contribution in [-0.2, 0) is 11.3 Å². The van der Waals surface area contributed by atoms with E-state index in [0.717, 1.165) is 25.7 Å². The van der Waals surface area contributed by atoms with Gasteiger partial charge in [-0.1, -0.05) is 24.9 Å². The van der Waals surface area contributed by atoms with Crippen LogP contribution in [0.25, 0.3) is 0 Å². The van der Waals surface area contributed by atoms with Gasteiger partial charge in [0.1, 0.15) is 6.04 Å². The summed E-state index contributed by atoms with van der Waals surface area (Å²) in [6, 6.07) is 2.34. The Labute approximate surface area is 168 Å². The van der Waals surface area contributed by atoms with Crippen LogP contribution < -0.4 is 4.72 Å². The Morgan fingerprint density at radius 2 is 2.00 bits per heavy atom. The summed E-state index contributed by atoms with van der Waals surface area (Å²) in [5.74, 6) is -1.59. The average Bonchev–Trinajstić information content (AvgIpc) is 2.99. The molecule has 0 saturated heterocycles. The SMILES string of the molecule is CC(SN[C@@H](C)C(=O)O)C1CCC(CN2Cc3ccc(O)c(F)c3C2=O)CC1. The summed E-state index contributed by atoms with van der Waals surface area (Å²) in [4.78, 5) is 25.1. The van der Waals surface area contributed by atoms with E-state index in [9.17, 15) is 19.1 Å². The zero-order valence-corrected chi connectivity index (χ0v) is 17.0. The number of amides is 1. The summed E-state index contributed by atoms with van der Waals surface area (Å²) < 4.78 is 17.1. The van der Waals surface area contributed by atoms with Crippen LogP contribution in [0.4, 0.5) is 4.39 Å². The predicted octanol–water partition coefficient (Wildman–Crippen LogP) is 3.39. The first kappa shape index (κ1) is 20.9. The molecule has 0 radical (unpaired) electrons. The van der Waals surface area contributed by atoms with Gasteiger partial charge in [0.15, 0.2) is 11.6 Å². The number of fused-ring (bicyclic) bond motifs is 1. The Bertz CT molecular complexity index is 752. The number of benzene rings is 1. The molecule has 3 rings (SSSR count). The third-order valence-electron chi connectivity index (χ3n) is 5.91. The van der Waals surface area contributed by atoms with Crippen LogP contribution in [0.3, 0.4) is 0 Å². The molecule has 1 amide bonds. The summed E-state index contributed by atoms with van der Waals surface area (Å²) in [6.07, 6.45) is 4.06. The van der Waals surface area contributed by atoms with Gasteiger partial charge in [0.05, 0.1) is 5.56 Å². The third-order valence-corrected chi connectivity index (χ3v) is 7.15. The highest BCUT2D eigenvalue weighted by atomic mass is 32.2. The topological polar surface area (TPSA) is 89.9 Å². The summed E-state index contributed by atoms with van der Waals surface area (Å²) >= 11 is 1.49. The normalized spacial score (nSPS) is 24.1. The average molecular weight is 411 g/mol. The van der Waals surface area contributed by atoms with E-state index in [2.05, 4.69) is 11.6 Å². The van der Waals surface area contributed by atoms with Gasteiger partial charge in [-0.3, -0.25) is 14.3 Å². The molecular weight excluding hydrogens is 383 g/mol. The molecule has 1 unspecified atom stereocenters. The number of aliphatic carboxylic acids is 1. The van der Waals surface area contributed by atoms with Crippen LogP contribution >= 0.6 is 11.9 Å². The quantitative estimate of drug-likeness (QED) is 0.597. The summed E-state index contributed by atoms with van der Waals surface area (Å²) in [5, 5.41) is 18.8.